The Kier molecular flexibility index (Phi) is 5.05. The average Bonchev–Trinajstić information content (AvgIpc) is 2.68. The van der Waals surface area contributed by atoms with Crippen LogP contribution < -0.4 is 0 Å². The van der Waals surface area contributed by atoms with Crippen LogP contribution in [0, 0.1) is 0 Å². The van der Waals surface area contributed by atoms with Crippen molar-refractivity contribution >= 4 is 5.78 Å². The molecule has 1 aliphatic heterocycles. The number of unbranched alkanes of at least 4 members (excludes halogenated alkanes) is 2. The molecule has 0 spiro atoms. The molecule has 0 aromatic heterocycles. The number of hydrogen-bond acceptors (Lipinski definition) is 2. The van der Waals surface area contributed by atoms with E-state index in [-0.39, 0.29) is 5.78 Å². The SMILES string of the molecule is CCCCCC(=O)C=CN1CC=CC1. The molecule has 0 amide bonds. The second kappa shape index (κ2) is 6.41. The molecule has 0 saturated heterocycles. The molecule has 0 atom stereocenters. The molecule has 0 saturated carbocycles. The summed E-state index contributed by atoms with van der Waals surface area (Å²) in [5, 5.41) is 0. The van der Waals surface area contributed by atoms with E-state index in [1.807, 2.05) is 6.20 Å². The van der Waals surface area contributed by atoms with E-state index in [0.717, 1.165) is 25.9 Å². The zero-order valence-corrected chi connectivity index (χ0v) is 8.91. The van der Waals surface area contributed by atoms with Crippen molar-refractivity contribution in [3.8, 4) is 0 Å². The Morgan fingerprint density at radius 2 is 2.07 bits per heavy atom. The smallest absolute Gasteiger partial charge is 0.157 e. The summed E-state index contributed by atoms with van der Waals surface area (Å²) in [6, 6.07) is 0. The molecule has 2 heteroatoms. The predicted molar refractivity (Wildman–Crippen MR) is 59.0 cm³/mol. The van der Waals surface area contributed by atoms with Gasteiger partial charge in [0.2, 0.25) is 0 Å². The molecule has 14 heavy (non-hydrogen) atoms. The zero-order valence-electron chi connectivity index (χ0n) is 8.91. The van der Waals surface area contributed by atoms with E-state index in [1.165, 1.54) is 6.42 Å². The Morgan fingerprint density at radius 1 is 1.36 bits per heavy atom. The highest BCUT2D eigenvalue weighted by atomic mass is 16.1. The molecule has 78 valence electrons. The van der Waals surface area contributed by atoms with Crippen molar-refractivity contribution in [1.82, 2.24) is 4.90 Å². The largest absolute Gasteiger partial charge is 0.370 e. The van der Waals surface area contributed by atoms with Gasteiger partial charge in [-0.05, 0) is 12.5 Å². The van der Waals surface area contributed by atoms with Crippen molar-refractivity contribution in [3.63, 3.8) is 0 Å². The van der Waals surface area contributed by atoms with Crippen LogP contribution in [0.15, 0.2) is 24.4 Å². The van der Waals surface area contributed by atoms with Crippen molar-refractivity contribution in [1.29, 1.82) is 0 Å². The molecule has 0 bridgehead atoms. The normalized spacial score (nSPS) is 15.6. The van der Waals surface area contributed by atoms with Crippen LogP contribution in [0.2, 0.25) is 0 Å². The van der Waals surface area contributed by atoms with Gasteiger partial charge in [0.15, 0.2) is 5.78 Å². The maximum atomic E-state index is 11.3. The first-order valence-electron chi connectivity index (χ1n) is 5.43. The number of carbonyl (C=O) groups excluding carboxylic acids is 1. The third-order valence-corrected chi connectivity index (χ3v) is 2.34. The van der Waals surface area contributed by atoms with Crippen LogP contribution >= 0.6 is 0 Å². The lowest BCUT2D eigenvalue weighted by Gasteiger charge is -2.09. The molecule has 0 unspecified atom stereocenters. The Labute approximate surface area is 86.3 Å². The minimum Gasteiger partial charge on any atom is -0.370 e. The van der Waals surface area contributed by atoms with E-state index in [0.29, 0.717) is 6.42 Å². The summed E-state index contributed by atoms with van der Waals surface area (Å²) in [5.41, 5.74) is 0. The standard InChI is InChI=1S/C12H19NO/c1-2-3-4-7-12(14)8-11-13-9-5-6-10-13/h5-6,8,11H,2-4,7,9-10H2,1H3. The Hall–Kier alpha value is -1.05. The number of rotatable bonds is 6. The van der Waals surface area contributed by atoms with Crippen LogP contribution in [0.3, 0.4) is 0 Å². The summed E-state index contributed by atoms with van der Waals surface area (Å²) < 4.78 is 0. The van der Waals surface area contributed by atoms with Gasteiger partial charge in [0.25, 0.3) is 0 Å². The third-order valence-electron chi connectivity index (χ3n) is 2.34. The molecule has 1 heterocycles. The Morgan fingerprint density at radius 3 is 2.71 bits per heavy atom. The Balaban J connectivity index is 2.12. The number of nitrogens with zero attached hydrogens (tertiary/aromatic N) is 1. The lowest BCUT2D eigenvalue weighted by atomic mass is 10.1. The molecular weight excluding hydrogens is 174 g/mol. The number of hydrogen-bond donors (Lipinski definition) is 0. The van der Waals surface area contributed by atoms with Crippen LogP contribution in [0.5, 0.6) is 0 Å². The molecule has 0 aliphatic carbocycles. The minimum atomic E-state index is 0.255. The van der Waals surface area contributed by atoms with Gasteiger partial charge < -0.3 is 4.90 Å². The summed E-state index contributed by atoms with van der Waals surface area (Å²) in [6.07, 6.45) is 11.9. The number of carbonyl (C=O) groups is 1. The topological polar surface area (TPSA) is 20.3 Å². The van der Waals surface area contributed by atoms with Gasteiger partial charge in [0, 0.05) is 25.7 Å². The predicted octanol–water partition coefficient (Wildman–Crippen LogP) is 2.52. The van der Waals surface area contributed by atoms with Crippen LogP contribution in [-0.4, -0.2) is 23.8 Å². The molecule has 2 nitrogen and oxygen atoms in total. The highest BCUT2D eigenvalue weighted by Gasteiger charge is 2.01. The van der Waals surface area contributed by atoms with Crippen LogP contribution in [0.1, 0.15) is 32.6 Å². The summed E-state index contributed by atoms with van der Waals surface area (Å²) in [5.74, 6) is 0.255. The van der Waals surface area contributed by atoms with Gasteiger partial charge >= 0.3 is 0 Å². The first kappa shape index (κ1) is 11.0. The zero-order chi connectivity index (χ0) is 10.2. The molecule has 0 aromatic carbocycles. The maximum Gasteiger partial charge on any atom is 0.157 e. The number of allylic oxidation sites excluding steroid dienone is 1. The fraction of sp³-hybridized carbons (Fsp3) is 0.583. The molecule has 1 rings (SSSR count). The molecule has 0 fully saturated rings. The first-order chi connectivity index (χ1) is 6.83. The van der Waals surface area contributed by atoms with Gasteiger partial charge in [-0.1, -0.05) is 31.9 Å². The average molecular weight is 193 g/mol. The van der Waals surface area contributed by atoms with Crippen molar-refractivity contribution < 1.29 is 4.79 Å². The van der Waals surface area contributed by atoms with Crippen LogP contribution in [-0.2, 0) is 4.79 Å². The molecular formula is C12H19NO. The summed E-state index contributed by atoms with van der Waals surface area (Å²) >= 11 is 0. The van der Waals surface area contributed by atoms with Crippen molar-refractivity contribution in [2.45, 2.75) is 32.6 Å². The first-order valence-corrected chi connectivity index (χ1v) is 5.43. The van der Waals surface area contributed by atoms with E-state index in [1.54, 1.807) is 6.08 Å². The lowest BCUT2D eigenvalue weighted by Crippen LogP contribution is -2.12. The second-order valence-electron chi connectivity index (χ2n) is 3.66. The van der Waals surface area contributed by atoms with Crippen molar-refractivity contribution in [3.05, 3.63) is 24.4 Å². The molecule has 1 aliphatic rings. The van der Waals surface area contributed by atoms with E-state index in [9.17, 15) is 4.79 Å². The van der Waals surface area contributed by atoms with E-state index >= 15 is 0 Å². The van der Waals surface area contributed by atoms with Gasteiger partial charge in [-0.15, -0.1) is 0 Å². The van der Waals surface area contributed by atoms with E-state index in [2.05, 4.69) is 24.0 Å². The highest BCUT2D eigenvalue weighted by Crippen LogP contribution is 2.02. The van der Waals surface area contributed by atoms with Gasteiger partial charge in [0.1, 0.15) is 0 Å². The van der Waals surface area contributed by atoms with Crippen molar-refractivity contribution in [2.75, 3.05) is 13.1 Å². The van der Waals surface area contributed by atoms with Gasteiger partial charge in [-0.2, -0.15) is 0 Å². The number of ketones is 1. The highest BCUT2D eigenvalue weighted by molar-refractivity contribution is 5.89. The van der Waals surface area contributed by atoms with Crippen LogP contribution in [0.25, 0.3) is 0 Å². The van der Waals surface area contributed by atoms with Gasteiger partial charge in [0.05, 0.1) is 0 Å². The third kappa shape index (κ3) is 4.26. The van der Waals surface area contributed by atoms with Gasteiger partial charge in [-0.3, -0.25) is 4.79 Å². The fourth-order valence-corrected chi connectivity index (χ4v) is 1.44. The lowest BCUT2D eigenvalue weighted by molar-refractivity contribution is -0.114. The van der Waals surface area contributed by atoms with Crippen LogP contribution in [0.4, 0.5) is 0 Å². The Bertz CT molecular complexity index is 222. The van der Waals surface area contributed by atoms with Crippen molar-refractivity contribution in [2.24, 2.45) is 0 Å². The summed E-state index contributed by atoms with van der Waals surface area (Å²) in [6.45, 7) is 4.04. The molecule has 0 aromatic rings. The van der Waals surface area contributed by atoms with Gasteiger partial charge in [-0.25, -0.2) is 0 Å². The second-order valence-corrected chi connectivity index (χ2v) is 3.66. The molecule has 0 radical (unpaired) electrons. The monoisotopic (exact) mass is 193 g/mol. The molecule has 0 N–H and O–H groups in total. The minimum absolute atomic E-state index is 0.255. The van der Waals surface area contributed by atoms with E-state index < -0.39 is 0 Å². The van der Waals surface area contributed by atoms with E-state index in [4.69, 9.17) is 0 Å². The maximum absolute atomic E-state index is 11.3. The summed E-state index contributed by atoms with van der Waals surface area (Å²) in [4.78, 5) is 13.5. The fourth-order valence-electron chi connectivity index (χ4n) is 1.44. The quantitative estimate of drug-likeness (QED) is 0.367. The summed E-state index contributed by atoms with van der Waals surface area (Å²) in [7, 11) is 0.